The molecule has 0 aliphatic rings. The molecule has 6 heteroatoms. The van der Waals surface area contributed by atoms with Crippen molar-refractivity contribution in [1.82, 2.24) is 0 Å². The first-order valence-electron chi connectivity index (χ1n) is 6.17. The molecule has 21 heavy (non-hydrogen) atoms. The van der Waals surface area contributed by atoms with Gasteiger partial charge in [-0.15, -0.1) is 0 Å². The van der Waals surface area contributed by atoms with E-state index in [9.17, 15) is 4.79 Å². The van der Waals surface area contributed by atoms with Crippen LogP contribution in [0.15, 0.2) is 47.6 Å². The van der Waals surface area contributed by atoms with E-state index >= 15 is 0 Å². The second-order valence-corrected chi connectivity index (χ2v) is 5.69. The minimum absolute atomic E-state index is 0.0361. The number of oxime groups is 1. The Balaban J connectivity index is 2.33. The number of benzene rings is 2. The molecule has 0 saturated heterocycles. The smallest absolute Gasteiger partial charge is 0.255 e. The van der Waals surface area contributed by atoms with Gasteiger partial charge in [-0.25, -0.2) is 0 Å². The fraction of sp³-hybridized carbons (Fsp3) is 0.0667. The van der Waals surface area contributed by atoms with Crippen molar-refractivity contribution in [2.45, 2.75) is 6.92 Å². The molecule has 0 spiro atoms. The van der Waals surface area contributed by atoms with Crippen molar-refractivity contribution < 1.29 is 10.0 Å². The maximum absolute atomic E-state index is 12.2. The Hall–Kier alpha value is -2.09. The summed E-state index contributed by atoms with van der Waals surface area (Å²) in [6.45, 7) is 1.83. The fourth-order valence-corrected chi connectivity index (χ4v) is 2.32. The molecule has 5 nitrogen and oxygen atoms in total. The molecule has 0 unspecified atom stereocenters. The molecular formula is C15H14IN3O2. The Morgan fingerprint density at radius 1 is 1.24 bits per heavy atom. The first kappa shape index (κ1) is 15.3. The molecular weight excluding hydrogens is 381 g/mol. The predicted octanol–water partition coefficient (Wildman–Crippen LogP) is 2.95. The molecule has 0 heterocycles. The minimum atomic E-state index is -0.246. The highest BCUT2D eigenvalue weighted by Gasteiger charge is 2.13. The molecule has 2 rings (SSSR count). The number of carbonyl (C=O) groups is 1. The highest BCUT2D eigenvalue weighted by Crippen LogP contribution is 2.20. The predicted molar refractivity (Wildman–Crippen MR) is 90.8 cm³/mol. The Kier molecular flexibility index (Phi) is 4.79. The summed E-state index contributed by atoms with van der Waals surface area (Å²) >= 11 is 2.18. The summed E-state index contributed by atoms with van der Waals surface area (Å²) < 4.78 is 1.05. The van der Waals surface area contributed by atoms with Gasteiger partial charge in [-0.3, -0.25) is 4.79 Å². The zero-order chi connectivity index (χ0) is 15.4. The number of hydrogen-bond acceptors (Lipinski definition) is 3. The third kappa shape index (κ3) is 3.52. The van der Waals surface area contributed by atoms with Gasteiger partial charge in [-0.2, -0.15) is 0 Å². The van der Waals surface area contributed by atoms with Crippen molar-refractivity contribution in [3.05, 3.63) is 62.7 Å². The van der Waals surface area contributed by atoms with Gasteiger partial charge in [-0.1, -0.05) is 17.3 Å². The Morgan fingerprint density at radius 2 is 1.90 bits per heavy atom. The summed E-state index contributed by atoms with van der Waals surface area (Å²) in [6.07, 6.45) is 0. The quantitative estimate of drug-likeness (QED) is 0.246. The van der Waals surface area contributed by atoms with Gasteiger partial charge in [0.2, 0.25) is 0 Å². The summed E-state index contributed by atoms with van der Waals surface area (Å²) in [7, 11) is 0. The number of amidine groups is 1. The Labute approximate surface area is 136 Å². The average Bonchev–Trinajstić information content (AvgIpc) is 2.47. The lowest BCUT2D eigenvalue weighted by Crippen LogP contribution is -2.20. The van der Waals surface area contributed by atoms with Gasteiger partial charge in [-0.05, 0) is 65.4 Å². The van der Waals surface area contributed by atoms with E-state index in [1.807, 2.05) is 25.1 Å². The summed E-state index contributed by atoms with van der Waals surface area (Å²) in [6, 6.07) is 12.5. The first-order valence-corrected chi connectivity index (χ1v) is 7.25. The van der Waals surface area contributed by atoms with Gasteiger partial charge in [0.15, 0.2) is 5.84 Å². The lowest BCUT2D eigenvalue weighted by Gasteiger charge is -2.12. The Morgan fingerprint density at radius 3 is 2.52 bits per heavy atom. The first-order chi connectivity index (χ1) is 10.0. The lowest BCUT2D eigenvalue weighted by atomic mass is 10.1. The van der Waals surface area contributed by atoms with Gasteiger partial charge < -0.3 is 16.3 Å². The van der Waals surface area contributed by atoms with Crippen LogP contribution in [0, 0.1) is 10.5 Å². The molecule has 0 radical (unpaired) electrons. The second kappa shape index (κ2) is 6.57. The average molecular weight is 395 g/mol. The maximum atomic E-state index is 12.2. The van der Waals surface area contributed by atoms with E-state index in [0.29, 0.717) is 16.8 Å². The number of halogens is 1. The van der Waals surface area contributed by atoms with Crippen LogP contribution in [0.1, 0.15) is 21.5 Å². The number of nitrogens with two attached hydrogens (primary N) is 1. The number of hydrogen-bond donors (Lipinski definition) is 3. The number of amides is 1. The van der Waals surface area contributed by atoms with E-state index < -0.39 is 0 Å². The van der Waals surface area contributed by atoms with Crippen molar-refractivity contribution in [1.29, 1.82) is 0 Å². The normalized spacial score (nSPS) is 11.2. The van der Waals surface area contributed by atoms with Crippen LogP contribution in [0.2, 0.25) is 0 Å². The third-order valence-electron chi connectivity index (χ3n) is 2.99. The van der Waals surface area contributed by atoms with Crippen LogP contribution < -0.4 is 11.1 Å². The number of carbonyl (C=O) groups excluding carboxylic acids is 1. The van der Waals surface area contributed by atoms with Crippen LogP contribution in [0.5, 0.6) is 0 Å². The van der Waals surface area contributed by atoms with Crippen LogP contribution in [0.3, 0.4) is 0 Å². The van der Waals surface area contributed by atoms with Crippen molar-refractivity contribution in [3.63, 3.8) is 0 Å². The molecule has 1 amide bonds. The molecule has 0 fully saturated rings. The molecule has 2 aromatic rings. The van der Waals surface area contributed by atoms with Gasteiger partial charge in [0, 0.05) is 14.7 Å². The minimum Gasteiger partial charge on any atom is -0.409 e. The molecule has 0 bridgehead atoms. The molecule has 0 aliphatic heterocycles. The standard InChI is InChI=1S/C15H14IN3O2/c1-9-3-2-4-12(13(9)14(17)19-21)18-15(20)10-5-7-11(16)8-6-10/h2-8,21H,1H3,(H2,17,19)(H,18,20). The number of rotatable bonds is 3. The highest BCUT2D eigenvalue weighted by molar-refractivity contribution is 14.1. The van der Waals surface area contributed by atoms with Crippen LogP contribution in [0.4, 0.5) is 5.69 Å². The molecule has 0 atom stereocenters. The van der Waals surface area contributed by atoms with E-state index in [-0.39, 0.29) is 11.7 Å². The molecule has 4 N–H and O–H groups in total. The van der Waals surface area contributed by atoms with Crippen molar-refractivity contribution in [3.8, 4) is 0 Å². The monoisotopic (exact) mass is 395 g/mol. The SMILES string of the molecule is Cc1cccc(NC(=O)c2ccc(I)cc2)c1/C(N)=N/O. The summed E-state index contributed by atoms with van der Waals surface area (Å²) in [5.74, 6) is -0.282. The third-order valence-corrected chi connectivity index (χ3v) is 3.71. The van der Waals surface area contributed by atoms with Crippen LogP contribution in [0.25, 0.3) is 0 Å². The van der Waals surface area contributed by atoms with Crippen molar-refractivity contribution in [2.24, 2.45) is 10.9 Å². The van der Waals surface area contributed by atoms with Crippen LogP contribution in [-0.4, -0.2) is 17.0 Å². The van der Waals surface area contributed by atoms with Gasteiger partial charge >= 0.3 is 0 Å². The number of nitrogens with zero attached hydrogens (tertiary/aromatic N) is 1. The molecule has 0 saturated carbocycles. The van der Waals surface area contributed by atoms with E-state index in [1.165, 1.54) is 0 Å². The zero-order valence-electron chi connectivity index (χ0n) is 11.3. The van der Waals surface area contributed by atoms with E-state index in [0.717, 1.165) is 9.13 Å². The van der Waals surface area contributed by atoms with Gasteiger partial charge in [0.05, 0.1) is 5.69 Å². The molecule has 0 aromatic heterocycles. The highest BCUT2D eigenvalue weighted by atomic mass is 127. The summed E-state index contributed by atoms with van der Waals surface area (Å²) in [5.41, 5.74) is 8.05. The number of anilines is 1. The lowest BCUT2D eigenvalue weighted by molar-refractivity contribution is 0.102. The topological polar surface area (TPSA) is 87.7 Å². The molecule has 2 aromatic carbocycles. The number of nitrogens with one attached hydrogen (secondary N) is 1. The van der Waals surface area contributed by atoms with E-state index in [2.05, 4.69) is 33.1 Å². The Bertz CT molecular complexity index is 697. The summed E-state index contributed by atoms with van der Waals surface area (Å²) in [4.78, 5) is 12.2. The van der Waals surface area contributed by atoms with Gasteiger partial charge in [0.1, 0.15) is 0 Å². The van der Waals surface area contributed by atoms with Crippen molar-refractivity contribution in [2.75, 3.05) is 5.32 Å². The second-order valence-electron chi connectivity index (χ2n) is 4.44. The maximum Gasteiger partial charge on any atom is 0.255 e. The van der Waals surface area contributed by atoms with Crippen LogP contribution in [-0.2, 0) is 0 Å². The van der Waals surface area contributed by atoms with Crippen molar-refractivity contribution >= 4 is 40.0 Å². The zero-order valence-corrected chi connectivity index (χ0v) is 13.5. The van der Waals surface area contributed by atoms with Gasteiger partial charge in [0.25, 0.3) is 5.91 Å². The fourth-order valence-electron chi connectivity index (χ4n) is 1.96. The summed E-state index contributed by atoms with van der Waals surface area (Å²) in [5, 5.41) is 14.7. The van der Waals surface area contributed by atoms with E-state index in [4.69, 9.17) is 10.9 Å². The molecule has 108 valence electrons. The molecule has 0 aliphatic carbocycles. The van der Waals surface area contributed by atoms with Crippen LogP contribution >= 0.6 is 22.6 Å². The van der Waals surface area contributed by atoms with E-state index in [1.54, 1.807) is 24.3 Å². The largest absolute Gasteiger partial charge is 0.409 e. The number of aryl methyl sites for hydroxylation is 1.